The quantitative estimate of drug-likeness (QED) is 0.537. The number of nitrogens with one attached hydrogen (secondary N) is 2. The molecule has 1 rings (SSSR count). The van der Waals surface area contributed by atoms with E-state index in [0.717, 1.165) is 4.88 Å². The Kier molecular flexibility index (Phi) is 4.49. The molecule has 15 heavy (non-hydrogen) atoms. The Morgan fingerprint density at radius 3 is 2.87 bits per heavy atom. The van der Waals surface area contributed by atoms with Crippen LogP contribution in [0.5, 0.6) is 0 Å². The smallest absolute Gasteiger partial charge is 0.179 e. The molecule has 1 aromatic rings. The molecule has 2 N–H and O–H groups in total. The predicted octanol–water partition coefficient (Wildman–Crippen LogP) is -0.000130. The van der Waals surface area contributed by atoms with Crippen LogP contribution in [0.1, 0.15) is 25.1 Å². The molecule has 4 heteroatoms. The minimum Gasteiger partial charge on any atom is -0.862 e. The molecule has 0 aliphatic carbocycles. The molecular weight excluding hydrogens is 208 g/mol. The van der Waals surface area contributed by atoms with Gasteiger partial charge in [-0.05, 0) is 17.3 Å². The molecule has 1 aromatic heterocycles. The van der Waals surface area contributed by atoms with Crippen LogP contribution in [-0.2, 0) is 0 Å². The van der Waals surface area contributed by atoms with Gasteiger partial charge < -0.3 is 10.5 Å². The molecule has 0 aliphatic heterocycles. The highest BCUT2D eigenvalue weighted by atomic mass is 32.1. The van der Waals surface area contributed by atoms with Gasteiger partial charge in [-0.3, -0.25) is 0 Å². The Morgan fingerprint density at radius 1 is 1.67 bits per heavy atom. The van der Waals surface area contributed by atoms with Gasteiger partial charge in [0.25, 0.3) is 0 Å². The van der Waals surface area contributed by atoms with Crippen molar-refractivity contribution in [2.45, 2.75) is 26.3 Å². The van der Waals surface area contributed by atoms with Crippen molar-refractivity contribution < 1.29 is 10.1 Å². The molecule has 0 bridgehead atoms. The van der Waals surface area contributed by atoms with Gasteiger partial charge >= 0.3 is 0 Å². The number of hydrogen-bond donors (Lipinski definition) is 2. The van der Waals surface area contributed by atoms with E-state index >= 15 is 0 Å². The van der Waals surface area contributed by atoms with E-state index in [-0.39, 0.29) is 12.5 Å². The van der Waals surface area contributed by atoms with E-state index in [1.54, 1.807) is 11.3 Å². The number of thiophene rings is 1. The van der Waals surface area contributed by atoms with Crippen LogP contribution in [-0.4, -0.2) is 18.2 Å². The first kappa shape index (κ1) is 11.9. The Labute approximate surface area is 94.0 Å². The first-order chi connectivity index (χ1) is 7.09. The molecule has 1 atom stereocenters. The Balaban J connectivity index is 2.62. The fraction of sp³-hybridized carbons (Fsp3) is 0.455. The summed E-state index contributed by atoms with van der Waals surface area (Å²) in [5.41, 5.74) is 0. The van der Waals surface area contributed by atoms with E-state index in [4.69, 9.17) is 5.41 Å². The van der Waals surface area contributed by atoms with E-state index in [1.165, 1.54) is 0 Å². The first-order valence-electron chi connectivity index (χ1n) is 4.97. The molecule has 0 aromatic carbocycles. The van der Waals surface area contributed by atoms with Gasteiger partial charge in [0.05, 0.1) is 4.88 Å². The van der Waals surface area contributed by atoms with Crippen molar-refractivity contribution in [1.29, 1.82) is 5.41 Å². The summed E-state index contributed by atoms with van der Waals surface area (Å²) in [4.78, 5) is 4.33. The van der Waals surface area contributed by atoms with Gasteiger partial charge in [0.1, 0.15) is 0 Å². The summed E-state index contributed by atoms with van der Waals surface area (Å²) in [5.74, 6) is -0.170. The fourth-order valence-corrected chi connectivity index (χ4v) is 1.86. The van der Waals surface area contributed by atoms with Crippen LogP contribution in [0.3, 0.4) is 0 Å². The third-order valence-electron chi connectivity index (χ3n) is 2.19. The third kappa shape index (κ3) is 4.25. The average molecular weight is 224 g/mol. The predicted molar refractivity (Wildman–Crippen MR) is 61.4 cm³/mol. The fourth-order valence-electron chi connectivity index (χ4n) is 1.25. The standard InChI is InChI=1S/C11H16N2OS/c1-8(2)10(6-11(12)14)13-7-9-4-3-5-15-9/h3-5,7-8,10H,6H2,1-2H3,(H2,12,14). The lowest BCUT2D eigenvalue weighted by Crippen LogP contribution is -2.78. The Morgan fingerprint density at radius 2 is 2.40 bits per heavy atom. The molecule has 3 nitrogen and oxygen atoms in total. The summed E-state index contributed by atoms with van der Waals surface area (Å²) in [6.07, 6.45) is 2.18. The lowest BCUT2D eigenvalue weighted by Gasteiger charge is -2.14. The summed E-state index contributed by atoms with van der Waals surface area (Å²) in [5, 5.41) is 19.7. The van der Waals surface area contributed by atoms with Crippen molar-refractivity contribution in [3.8, 4) is 0 Å². The minimum absolute atomic E-state index is 0.0529. The van der Waals surface area contributed by atoms with Gasteiger partial charge in [-0.2, -0.15) is 0 Å². The second-order valence-electron chi connectivity index (χ2n) is 3.80. The number of rotatable bonds is 5. The van der Waals surface area contributed by atoms with E-state index in [9.17, 15) is 5.11 Å². The van der Waals surface area contributed by atoms with Crippen LogP contribution in [0.25, 0.3) is 0 Å². The van der Waals surface area contributed by atoms with Crippen LogP contribution in [0, 0.1) is 11.3 Å². The normalized spacial score (nSPS) is 13.5. The maximum absolute atomic E-state index is 10.7. The highest BCUT2D eigenvalue weighted by Gasteiger charge is 2.15. The molecule has 0 radical (unpaired) electrons. The van der Waals surface area contributed by atoms with Crippen molar-refractivity contribution in [2.75, 3.05) is 0 Å². The molecule has 0 amide bonds. The van der Waals surface area contributed by atoms with Crippen LogP contribution >= 0.6 is 11.3 Å². The summed E-state index contributed by atoms with van der Waals surface area (Å²) >= 11 is 1.65. The van der Waals surface area contributed by atoms with E-state index in [0.29, 0.717) is 5.92 Å². The van der Waals surface area contributed by atoms with E-state index in [2.05, 4.69) is 4.99 Å². The third-order valence-corrected chi connectivity index (χ3v) is 3.01. The summed E-state index contributed by atoms with van der Waals surface area (Å²) in [7, 11) is 0. The Bertz CT molecular complexity index is 330. The van der Waals surface area contributed by atoms with Crippen molar-refractivity contribution >= 4 is 23.4 Å². The molecule has 1 unspecified atom stereocenters. The van der Waals surface area contributed by atoms with Gasteiger partial charge in [0.15, 0.2) is 12.3 Å². The molecule has 0 spiro atoms. The second kappa shape index (κ2) is 5.66. The maximum atomic E-state index is 10.7. The van der Waals surface area contributed by atoms with Crippen LogP contribution in [0.15, 0.2) is 17.5 Å². The molecule has 0 saturated carbocycles. The van der Waals surface area contributed by atoms with Crippen molar-refractivity contribution in [3.05, 3.63) is 22.4 Å². The average Bonchev–Trinajstić information content (AvgIpc) is 2.63. The van der Waals surface area contributed by atoms with Crippen LogP contribution in [0.2, 0.25) is 0 Å². The van der Waals surface area contributed by atoms with Crippen LogP contribution in [0.4, 0.5) is 0 Å². The van der Waals surface area contributed by atoms with Gasteiger partial charge in [-0.25, -0.2) is 4.99 Å². The molecule has 82 valence electrons. The second-order valence-corrected chi connectivity index (χ2v) is 4.78. The molecule has 1 heterocycles. The monoisotopic (exact) mass is 224 g/mol. The highest BCUT2D eigenvalue weighted by Crippen LogP contribution is 2.03. The van der Waals surface area contributed by atoms with E-state index < -0.39 is 5.90 Å². The van der Waals surface area contributed by atoms with Crippen molar-refractivity contribution in [2.24, 2.45) is 5.92 Å². The molecule has 0 saturated heterocycles. The van der Waals surface area contributed by atoms with Crippen molar-refractivity contribution in [1.82, 2.24) is 0 Å². The van der Waals surface area contributed by atoms with Gasteiger partial charge in [0.2, 0.25) is 0 Å². The zero-order valence-electron chi connectivity index (χ0n) is 8.99. The zero-order chi connectivity index (χ0) is 11.3. The van der Waals surface area contributed by atoms with Crippen molar-refractivity contribution in [3.63, 3.8) is 0 Å². The zero-order valence-corrected chi connectivity index (χ0v) is 9.80. The van der Waals surface area contributed by atoms with Crippen LogP contribution < -0.4 is 10.1 Å². The topological polar surface area (TPSA) is 60.9 Å². The van der Waals surface area contributed by atoms with Gasteiger partial charge in [-0.1, -0.05) is 19.9 Å². The lowest BCUT2D eigenvalue weighted by molar-refractivity contribution is -0.506. The summed E-state index contributed by atoms with van der Waals surface area (Å²) < 4.78 is 0. The summed E-state index contributed by atoms with van der Waals surface area (Å²) in [6.45, 7) is 4.09. The highest BCUT2D eigenvalue weighted by molar-refractivity contribution is 7.11. The maximum Gasteiger partial charge on any atom is 0.179 e. The number of hydrogen-bond acceptors (Lipinski definition) is 3. The largest absolute Gasteiger partial charge is 0.862 e. The van der Waals surface area contributed by atoms with E-state index in [1.807, 2.05) is 37.6 Å². The minimum atomic E-state index is -0.513. The SMILES string of the molecule is CC(C)C(CC(=N)[O-])[NH+]=Cc1cccs1. The van der Waals surface area contributed by atoms with Gasteiger partial charge in [0, 0.05) is 12.3 Å². The lowest BCUT2D eigenvalue weighted by atomic mass is 10.0. The summed E-state index contributed by atoms with van der Waals surface area (Å²) in [6, 6.07) is 4.05. The molecule has 0 fully saturated rings. The van der Waals surface area contributed by atoms with Gasteiger partial charge in [-0.15, -0.1) is 11.3 Å². The molecular formula is C11H16N2OS. The Hall–Kier alpha value is -1.16. The first-order valence-corrected chi connectivity index (χ1v) is 5.84. The molecule has 0 aliphatic rings.